The highest BCUT2D eigenvalue weighted by Gasteiger charge is 2.11. The molecule has 0 fully saturated rings. The molecule has 0 aliphatic heterocycles. The van der Waals surface area contributed by atoms with Gasteiger partial charge in [-0.2, -0.15) is 5.10 Å². The minimum atomic E-state index is -0.984. The third kappa shape index (κ3) is 2.46. The summed E-state index contributed by atoms with van der Waals surface area (Å²) in [5, 5.41) is 14.4. The van der Waals surface area contributed by atoms with Gasteiger partial charge in [0.05, 0.1) is 30.9 Å². The molecule has 0 aliphatic rings. The monoisotopic (exact) mass is 297 g/mol. The predicted molar refractivity (Wildman–Crippen MR) is 83.2 cm³/mol. The van der Waals surface area contributed by atoms with Crippen LogP contribution in [0.1, 0.15) is 15.9 Å². The molecule has 0 spiro atoms. The molecule has 0 radical (unpaired) electrons. The SMILES string of the molecule is COc1cc(C(=O)O)ccc1Cn1ncc2ccc(N)cc21. The van der Waals surface area contributed by atoms with Crippen molar-refractivity contribution in [2.75, 3.05) is 12.8 Å². The van der Waals surface area contributed by atoms with Crippen molar-refractivity contribution in [3.63, 3.8) is 0 Å². The zero-order chi connectivity index (χ0) is 15.7. The average Bonchev–Trinajstić information content (AvgIpc) is 2.89. The first kappa shape index (κ1) is 13.9. The van der Waals surface area contributed by atoms with E-state index in [2.05, 4.69) is 5.10 Å². The number of nitrogen functional groups attached to an aromatic ring is 1. The Morgan fingerprint density at radius 1 is 1.32 bits per heavy atom. The van der Waals surface area contributed by atoms with E-state index in [-0.39, 0.29) is 5.56 Å². The first-order valence-electron chi connectivity index (χ1n) is 6.70. The number of nitrogens with zero attached hydrogens (tertiary/aromatic N) is 2. The Morgan fingerprint density at radius 2 is 2.14 bits per heavy atom. The van der Waals surface area contributed by atoms with Crippen molar-refractivity contribution in [3.05, 3.63) is 53.7 Å². The van der Waals surface area contributed by atoms with Gasteiger partial charge in [-0.1, -0.05) is 6.07 Å². The van der Waals surface area contributed by atoms with Crippen LogP contribution in [0.25, 0.3) is 10.9 Å². The molecule has 6 nitrogen and oxygen atoms in total. The molecule has 1 heterocycles. The number of benzene rings is 2. The number of anilines is 1. The fraction of sp³-hybridized carbons (Fsp3) is 0.125. The van der Waals surface area contributed by atoms with Crippen molar-refractivity contribution < 1.29 is 14.6 Å². The summed E-state index contributed by atoms with van der Waals surface area (Å²) in [4.78, 5) is 11.0. The fourth-order valence-corrected chi connectivity index (χ4v) is 2.38. The summed E-state index contributed by atoms with van der Waals surface area (Å²) in [5.41, 5.74) is 8.45. The second-order valence-electron chi connectivity index (χ2n) is 4.95. The van der Waals surface area contributed by atoms with Gasteiger partial charge < -0.3 is 15.6 Å². The zero-order valence-electron chi connectivity index (χ0n) is 12.0. The van der Waals surface area contributed by atoms with E-state index in [1.165, 1.54) is 13.2 Å². The van der Waals surface area contributed by atoms with Gasteiger partial charge in [0.15, 0.2) is 0 Å². The molecule has 6 heteroatoms. The molecule has 3 aromatic rings. The molecule has 0 saturated heterocycles. The quantitative estimate of drug-likeness (QED) is 0.721. The standard InChI is InChI=1S/C16H15N3O3/c1-22-15-6-10(16(20)21)2-3-12(15)9-19-14-7-13(17)5-4-11(14)8-18-19/h2-8H,9,17H2,1H3,(H,20,21). The molecule has 0 bridgehead atoms. The molecular formula is C16H15N3O3. The predicted octanol–water partition coefficient (Wildman–Crippen LogP) is 2.37. The fourth-order valence-electron chi connectivity index (χ4n) is 2.38. The number of carbonyl (C=O) groups is 1. The van der Waals surface area contributed by atoms with Crippen molar-refractivity contribution in [2.45, 2.75) is 6.54 Å². The number of carboxylic acids is 1. The molecule has 2 aromatic carbocycles. The van der Waals surface area contributed by atoms with Crippen LogP contribution in [0, 0.1) is 0 Å². The van der Waals surface area contributed by atoms with E-state index in [0.717, 1.165) is 16.5 Å². The number of nitrogens with two attached hydrogens (primary N) is 1. The minimum Gasteiger partial charge on any atom is -0.496 e. The van der Waals surface area contributed by atoms with Gasteiger partial charge in [-0.3, -0.25) is 4.68 Å². The maximum atomic E-state index is 11.0. The average molecular weight is 297 g/mol. The Morgan fingerprint density at radius 3 is 2.86 bits per heavy atom. The number of hydrogen-bond acceptors (Lipinski definition) is 4. The van der Waals surface area contributed by atoms with Gasteiger partial charge in [0, 0.05) is 16.6 Å². The van der Waals surface area contributed by atoms with Crippen LogP contribution < -0.4 is 10.5 Å². The highest BCUT2D eigenvalue weighted by atomic mass is 16.5. The van der Waals surface area contributed by atoms with Crippen LogP contribution in [0.2, 0.25) is 0 Å². The summed E-state index contributed by atoms with van der Waals surface area (Å²) in [7, 11) is 1.52. The summed E-state index contributed by atoms with van der Waals surface area (Å²) in [6.07, 6.45) is 1.77. The lowest BCUT2D eigenvalue weighted by molar-refractivity contribution is 0.0696. The number of ether oxygens (including phenoxy) is 1. The summed E-state index contributed by atoms with van der Waals surface area (Å²) in [6, 6.07) is 10.4. The van der Waals surface area contributed by atoms with E-state index >= 15 is 0 Å². The molecule has 0 atom stereocenters. The Labute approximate surface area is 126 Å². The van der Waals surface area contributed by atoms with Crippen LogP contribution in [0.5, 0.6) is 5.75 Å². The molecular weight excluding hydrogens is 282 g/mol. The van der Waals surface area contributed by atoms with Crippen molar-refractivity contribution in [1.82, 2.24) is 9.78 Å². The number of aromatic carboxylic acids is 1. The minimum absolute atomic E-state index is 0.190. The van der Waals surface area contributed by atoms with Crippen LogP contribution in [-0.2, 0) is 6.54 Å². The largest absolute Gasteiger partial charge is 0.496 e. The smallest absolute Gasteiger partial charge is 0.335 e. The number of fused-ring (bicyclic) bond motifs is 1. The Bertz CT molecular complexity index is 855. The van der Waals surface area contributed by atoms with Gasteiger partial charge in [0.1, 0.15) is 5.75 Å². The number of methoxy groups -OCH3 is 1. The van der Waals surface area contributed by atoms with Gasteiger partial charge >= 0.3 is 5.97 Å². The molecule has 0 unspecified atom stereocenters. The highest BCUT2D eigenvalue weighted by molar-refractivity contribution is 5.88. The van der Waals surface area contributed by atoms with Gasteiger partial charge in [0.2, 0.25) is 0 Å². The van der Waals surface area contributed by atoms with Crippen molar-refractivity contribution in [3.8, 4) is 5.75 Å². The van der Waals surface area contributed by atoms with Gasteiger partial charge in [-0.25, -0.2) is 4.79 Å². The van der Waals surface area contributed by atoms with Crippen molar-refractivity contribution in [1.29, 1.82) is 0 Å². The number of aromatic nitrogens is 2. The number of rotatable bonds is 4. The van der Waals surface area contributed by atoms with Crippen LogP contribution in [-0.4, -0.2) is 28.0 Å². The lowest BCUT2D eigenvalue weighted by atomic mass is 10.1. The third-order valence-electron chi connectivity index (χ3n) is 3.52. The summed E-state index contributed by atoms with van der Waals surface area (Å²) < 4.78 is 7.10. The Balaban J connectivity index is 2.01. The first-order chi connectivity index (χ1) is 10.6. The van der Waals surface area contributed by atoms with Gasteiger partial charge in [0.25, 0.3) is 0 Å². The van der Waals surface area contributed by atoms with Crippen molar-refractivity contribution in [2.24, 2.45) is 0 Å². The summed E-state index contributed by atoms with van der Waals surface area (Å²) >= 11 is 0. The second-order valence-corrected chi connectivity index (χ2v) is 4.95. The Kier molecular flexibility index (Phi) is 3.42. The topological polar surface area (TPSA) is 90.4 Å². The van der Waals surface area contributed by atoms with E-state index in [1.807, 2.05) is 22.9 Å². The molecule has 22 heavy (non-hydrogen) atoms. The number of hydrogen-bond donors (Lipinski definition) is 2. The summed E-state index contributed by atoms with van der Waals surface area (Å²) in [5.74, 6) is -0.463. The first-order valence-corrected chi connectivity index (χ1v) is 6.70. The molecule has 0 aliphatic carbocycles. The maximum absolute atomic E-state index is 11.0. The lowest BCUT2D eigenvalue weighted by Crippen LogP contribution is -2.05. The highest BCUT2D eigenvalue weighted by Crippen LogP contribution is 2.24. The van der Waals surface area contributed by atoms with Gasteiger partial charge in [-0.15, -0.1) is 0 Å². The molecule has 0 amide bonds. The second kappa shape index (κ2) is 5.40. The molecule has 0 saturated carbocycles. The Hall–Kier alpha value is -3.02. The van der Waals surface area contributed by atoms with Crippen LogP contribution in [0.4, 0.5) is 5.69 Å². The van der Waals surface area contributed by atoms with Crippen LogP contribution in [0.15, 0.2) is 42.6 Å². The maximum Gasteiger partial charge on any atom is 0.335 e. The van der Waals surface area contributed by atoms with E-state index in [0.29, 0.717) is 18.0 Å². The van der Waals surface area contributed by atoms with Crippen LogP contribution >= 0.6 is 0 Å². The van der Waals surface area contributed by atoms with Crippen molar-refractivity contribution >= 4 is 22.6 Å². The van der Waals surface area contributed by atoms with E-state index < -0.39 is 5.97 Å². The molecule has 3 rings (SSSR count). The van der Waals surface area contributed by atoms with E-state index in [4.69, 9.17) is 15.6 Å². The van der Waals surface area contributed by atoms with Gasteiger partial charge in [-0.05, 0) is 30.3 Å². The summed E-state index contributed by atoms with van der Waals surface area (Å²) in [6.45, 7) is 0.468. The van der Waals surface area contributed by atoms with E-state index in [9.17, 15) is 4.79 Å². The van der Waals surface area contributed by atoms with Crippen LogP contribution in [0.3, 0.4) is 0 Å². The normalized spacial score (nSPS) is 10.8. The molecule has 3 N–H and O–H groups in total. The van der Waals surface area contributed by atoms with E-state index in [1.54, 1.807) is 18.3 Å². The molecule has 1 aromatic heterocycles. The lowest BCUT2D eigenvalue weighted by Gasteiger charge is -2.10. The zero-order valence-corrected chi connectivity index (χ0v) is 12.0. The molecule has 112 valence electrons. The third-order valence-corrected chi connectivity index (χ3v) is 3.52. The number of carboxylic acid groups (broad SMARTS) is 1.